The summed E-state index contributed by atoms with van der Waals surface area (Å²) in [4.78, 5) is 4.67. The summed E-state index contributed by atoms with van der Waals surface area (Å²) in [7, 11) is 0. The molecule has 0 atom stereocenters. The second kappa shape index (κ2) is 9.38. The fourth-order valence-corrected chi connectivity index (χ4v) is 4.49. The molecule has 0 aliphatic rings. The predicted octanol–water partition coefficient (Wildman–Crippen LogP) is 7.61. The van der Waals surface area contributed by atoms with E-state index >= 15 is 0 Å². The number of allylic oxidation sites excluding steroid dienone is 1. The third-order valence-corrected chi connectivity index (χ3v) is 6.38. The maximum absolute atomic E-state index is 9.87. The molecule has 0 aliphatic carbocycles. The molecule has 2 heterocycles. The van der Waals surface area contributed by atoms with Crippen molar-refractivity contribution in [1.82, 2.24) is 14.6 Å². The Balaban J connectivity index is 1.54. The molecule has 0 bridgehead atoms. The first-order valence-corrected chi connectivity index (χ1v) is 11.9. The Hall–Kier alpha value is -4.14. The number of nitrogens with zero attached hydrogens (tertiary/aromatic N) is 4. The number of rotatable bonds is 5. The summed E-state index contributed by atoms with van der Waals surface area (Å²) >= 11 is 1.32. The number of benzene rings is 3. The zero-order chi connectivity index (χ0) is 23.5. The van der Waals surface area contributed by atoms with Crippen LogP contribution < -0.4 is 0 Å². The zero-order valence-electron chi connectivity index (χ0n) is 18.9. The van der Waals surface area contributed by atoms with Gasteiger partial charge in [0.2, 0.25) is 0 Å². The fourth-order valence-electron chi connectivity index (χ4n) is 4.02. The summed E-state index contributed by atoms with van der Waals surface area (Å²) in [6, 6.07) is 27.1. The summed E-state index contributed by atoms with van der Waals surface area (Å²) in [5, 5.41) is 17.0. The van der Waals surface area contributed by atoms with Gasteiger partial charge in [0.1, 0.15) is 5.69 Å². The molecule has 0 N–H and O–H groups in total. The van der Waals surface area contributed by atoms with Crippen LogP contribution in [-0.4, -0.2) is 14.6 Å². The number of hydrogen-bond donors (Lipinski definition) is 0. The number of pyridine rings is 1. The molecular formula is C29H22N4S. The number of nitriles is 1. The van der Waals surface area contributed by atoms with Crippen LogP contribution in [-0.2, 0) is 0 Å². The second-order valence-corrected chi connectivity index (χ2v) is 9.07. The van der Waals surface area contributed by atoms with Gasteiger partial charge in [0, 0.05) is 28.1 Å². The molecule has 164 valence electrons. The van der Waals surface area contributed by atoms with Crippen LogP contribution in [0.5, 0.6) is 0 Å². The van der Waals surface area contributed by atoms with E-state index in [4.69, 9.17) is 0 Å². The number of fused-ring (bicyclic) bond motifs is 1. The van der Waals surface area contributed by atoms with Crippen molar-refractivity contribution < 1.29 is 0 Å². The van der Waals surface area contributed by atoms with Gasteiger partial charge in [-0.25, -0.2) is 0 Å². The van der Waals surface area contributed by atoms with Crippen molar-refractivity contribution in [3.05, 3.63) is 101 Å². The van der Waals surface area contributed by atoms with Crippen molar-refractivity contribution in [3.63, 3.8) is 0 Å². The molecule has 0 aliphatic heterocycles. The van der Waals surface area contributed by atoms with E-state index in [9.17, 15) is 5.26 Å². The molecule has 2 aromatic heterocycles. The van der Waals surface area contributed by atoms with E-state index in [1.807, 2.05) is 60.1 Å². The molecule has 3 aromatic carbocycles. The Kier molecular flexibility index (Phi) is 5.99. The molecule has 0 saturated carbocycles. The summed E-state index contributed by atoms with van der Waals surface area (Å²) in [6.07, 6.45) is 3.77. The van der Waals surface area contributed by atoms with Gasteiger partial charge < -0.3 is 0 Å². The Morgan fingerprint density at radius 2 is 1.82 bits per heavy atom. The Morgan fingerprint density at radius 1 is 0.971 bits per heavy atom. The summed E-state index contributed by atoms with van der Waals surface area (Å²) in [5.74, 6) is 0.416. The van der Waals surface area contributed by atoms with Crippen molar-refractivity contribution in [1.29, 1.82) is 5.26 Å². The van der Waals surface area contributed by atoms with Crippen LogP contribution in [0.15, 0.2) is 84.4 Å². The normalized spacial score (nSPS) is 11.6. The Morgan fingerprint density at radius 3 is 2.56 bits per heavy atom. The van der Waals surface area contributed by atoms with Crippen LogP contribution in [0, 0.1) is 11.3 Å². The quantitative estimate of drug-likeness (QED) is 0.201. The average Bonchev–Trinajstić information content (AvgIpc) is 3.42. The molecule has 0 radical (unpaired) electrons. The van der Waals surface area contributed by atoms with Gasteiger partial charge in [-0.2, -0.15) is 5.26 Å². The summed E-state index contributed by atoms with van der Waals surface area (Å²) < 4.78 is 3.92. The van der Waals surface area contributed by atoms with Gasteiger partial charge in [-0.1, -0.05) is 66.9 Å². The van der Waals surface area contributed by atoms with Crippen LogP contribution in [0.4, 0.5) is 0 Å². The van der Waals surface area contributed by atoms with E-state index in [2.05, 4.69) is 64.8 Å². The molecule has 0 spiro atoms. The van der Waals surface area contributed by atoms with Crippen LogP contribution in [0.1, 0.15) is 36.5 Å². The molecule has 5 heteroatoms. The van der Waals surface area contributed by atoms with Crippen molar-refractivity contribution in [3.8, 4) is 28.5 Å². The highest BCUT2D eigenvalue weighted by atomic mass is 32.1. The Labute approximate surface area is 203 Å². The third kappa shape index (κ3) is 4.36. The van der Waals surface area contributed by atoms with E-state index in [1.165, 1.54) is 17.1 Å². The predicted molar refractivity (Wildman–Crippen MR) is 140 cm³/mol. The van der Waals surface area contributed by atoms with Gasteiger partial charge in [-0.05, 0) is 70.0 Å². The zero-order valence-corrected chi connectivity index (χ0v) is 19.8. The first-order chi connectivity index (χ1) is 16.6. The molecule has 0 amide bonds. The minimum absolute atomic E-state index is 0.416. The molecule has 34 heavy (non-hydrogen) atoms. The highest BCUT2D eigenvalue weighted by Crippen LogP contribution is 2.32. The first-order valence-electron chi connectivity index (χ1n) is 11.1. The molecule has 5 aromatic rings. The summed E-state index contributed by atoms with van der Waals surface area (Å²) in [5.41, 5.74) is 8.75. The molecular weight excluding hydrogens is 436 g/mol. The Bertz CT molecular complexity index is 1530. The number of hydrogen-bond acceptors (Lipinski definition) is 5. The molecule has 0 saturated heterocycles. The highest BCUT2D eigenvalue weighted by molar-refractivity contribution is 7.03. The highest BCUT2D eigenvalue weighted by Gasteiger charge is 2.11. The van der Waals surface area contributed by atoms with Gasteiger partial charge in [-0.3, -0.25) is 4.98 Å². The molecule has 0 fully saturated rings. The minimum atomic E-state index is 0.416. The lowest BCUT2D eigenvalue weighted by Crippen LogP contribution is -1.92. The fraction of sp³-hybridized carbons (Fsp3) is 0.103. The van der Waals surface area contributed by atoms with Crippen molar-refractivity contribution in [2.75, 3.05) is 0 Å². The molecule has 5 rings (SSSR count). The lowest BCUT2D eigenvalue weighted by molar-refractivity contribution is 0.869. The lowest BCUT2D eigenvalue weighted by atomic mass is 9.93. The van der Waals surface area contributed by atoms with E-state index in [0.717, 1.165) is 44.4 Å². The van der Waals surface area contributed by atoms with Gasteiger partial charge in [0.25, 0.3) is 0 Å². The minimum Gasteiger partial charge on any atom is -0.256 e. The van der Waals surface area contributed by atoms with Crippen LogP contribution in [0.2, 0.25) is 0 Å². The topological polar surface area (TPSA) is 62.5 Å². The van der Waals surface area contributed by atoms with Crippen molar-refractivity contribution in [2.45, 2.75) is 19.8 Å². The molecule has 0 unspecified atom stereocenters. The third-order valence-electron chi connectivity index (χ3n) is 5.87. The number of aromatic nitrogens is 3. The van der Waals surface area contributed by atoms with Crippen LogP contribution in [0.3, 0.4) is 0 Å². The SMILES string of the molecule is CC(C)c1cc(-c2cccc(/C=C(\C#N)c3ccc(-c4csnn4)cc3)c2)c2ncccc2c1. The van der Waals surface area contributed by atoms with E-state index in [1.54, 1.807) is 0 Å². The van der Waals surface area contributed by atoms with E-state index in [-0.39, 0.29) is 0 Å². The van der Waals surface area contributed by atoms with E-state index < -0.39 is 0 Å². The smallest absolute Gasteiger partial charge is 0.105 e. The first kappa shape index (κ1) is 21.7. The maximum Gasteiger partial charge on any atom is 0.105 e. The molecule has 4 nitrogen and oxygen atoms in total. The van der Waals surface area contributed by atoms with Crippen molar-refractivity contribution >= 4 is 34.1 Å². The van der Waals surface area contributed by atoms with Gasteiger partial charge >= 0.3 is 0 Å². The van der Waals surface area contributed by atoms with Crippen LogP contribution >= 0.6 is 11.5 Å². The monoisotopic (exact) mass is 458 g/mol. The van der Waals surface area contributed by atoms with Gasteiger partial charge in [0.05, 0.1) is 17.2 Å². The maximum atomic E-state index is 9.87. The second-order valence-electron chi connectivity index (χ2n) is 8.46. The standard InChI is InChI=1S/C29H22N4S/c1-19(2)25-15-24-7-4-12-31-29(24)27(16-25)23-6-3-5-20(13-23)14-26(17-30)21-8-10-22(11-9-21)28-18-34-33-32-28/h3-16,18-19H,1-2H3/b26-14+. The van der Waals surface area contributed by atoms with Gasteiger partial charge in [0.15, 0.2) is 0 Å². The van der Waals surface area contributed by atoms with Gasteiger partial charge in [-0.15, -0.1) is 5.10 Å². The summed E-state index contributed by atoms with van der Waals surface area (Å²) in [6.45, 7) is 4.41. The van der Waals surface area contributed by atoms with Crippen molar-refractivity contribution in [2.24, 2.45) is 0 Å². The largest absolute Gasteiger partial charge is 0.256 e. The lowest BCUT2D eigenvalue weighted by Gasteiger charge is -2.13. The van der Waals surface area contributed by atoms with E-state index in [0.29, 0.717) is 11.5 Å². The average molecular weight is 459 g/mol. The van der Waals surface area contributed by atoms with Crippen LogP contribution in [0.25, 0.3) is 44.9 Å².